The van der Waals surface area contributed by atoms with E-state index >= 15 is 0 Å². The highest BCUT2D eigenvalue weighted by molar-refractivity contribution is 5.73. The summed E-state index contributed by atoms with van der Waals surface area (Å²) in [5, 5.41) is 65.2. The Bertz CT molecular complexity index is 1200. The van der Waals surface area contributed by atoms with E-state index in [0.717, 1.165) is 6.42 Å². The van der Waals surface area contributed by atoms with Crippen molar-refractivity contribution in [2.45, 2.75) is 192 Å². The maximum atomic E-state index is 14.3. The topological polar surface area (TPSA) is 201 Å². The van der Waals surface area contributed by atoms with Crippen LogP contribution < -0.4 is 10.6 Å². The third-order valence-corrected chi connectivity index (χ3v) is 12.6. The third kappa shape index (κ3) is 11.2. The number of nitrogens with zero attached hydrogens (tertiary/aromatic N) is 1. The van der Waals surface area contributed by atoms with Crippen LogP contribution in [0.15, 0.2) is 0 Å². The van der Waals surface area contributed by atoms with E-state index in [4.69, 9.17) is 28.4 Å². The zero-order chi connectivity index (χ0) is 41.7. The van der Waals surface area contributed by atoms with Gasteiger partial charge >= 0.3 is 5.97 Å². The van der Waals surface area contributed by atoms with Crippen LogP contribution in [0.2, 0.25) is 0 Å². The lowest BCUT2D eigenvalue weighted by Gasteiger charge is -2.53. The number of hydrogen-bond donors (Lipinski definition) is 7. The third-order valence-electron chi connectivity index (χ3n) is 12.6. The Morgan fingerprint density at radius 3 is 2.20 bits per heavy atom. The average molecular weight is 792 g/mol. The van der Waals surface area contributed by atoms with E-state index in [0.29, 0.717) is 25.9 Å². The number of aliphatic hydroxyl groups is 5. The van der Waals surface area contributed by atoms with Gasteiger partial charge in [0.25, 0.3) is 0 Å². The minimum Gasteiger partial charge on any atom is -0.459 e. The standard InChI is InChI=1S/C40H77N3O12/c1-14-18-41-22-40(49)27(7)51-31(20-38(40,9)50-13)54-32-24(4)34(55-36-28(44)16-17-30(53-36)43(11)12)37(8,47)19-23(3)21-42-26(6)33(45)39(10,48)29(15-2)52-35(46)25(32)5/h23-34,36,41-42,44-45,47-49H,14-22H2,1-13H3/t23?,24?,25?,26?,27-,28?,29?,30?,31-,32?,33?,34?,36?,37?,38+,39?,40-/m0/s1. The normalized spacial score (nSPS) is 47.2. The van der Waals surface area contributed by atoms with Crippen molar-refractivity contribution in [3.05, 3.63) is 0 Å². The van der Waals surface area contributed by atoms with Gasteiger partial charge in [0.2, 0.25) is 0 Å². The number of methoxy groups -OCH3 is 1. The Morgan fingerprint density at radius 2 is 1.62 bits per heavy atom. The van der Waals surface area contributed by atoms with Crippen LogP contribution in [0.5, 0.6) is 0 Å². The van der Waals surface area contributed by atoms with Crippen LogP contribution in [0.25, 0.3) is 0 Å². The van der Waals surface area contributed by atoms with E-state index in [1.165, 1.54) is 14.0 Å². The smallest absolute Gasteiger partial charge is 0.311 e. The summed E-state index contributed by atoms with van der Waals surface area (Å²) in [5.74, 6) is -2.64. The van der Waals surface area contributed by atoms with Crippen molar-refractivity contribution in [2.24, 2.45) is 17.8 Å². The fourth-order valence-electron chi connectivity index (χ4n) is 8.82. The average Bonchev–Trinajstić information content (AvgIpc) is 3.11. The first kappa shape index (κ1) is 48.3. The number of rotatable bonds is 11. The van der Waals surface area contributed by atoms with Gasteiger partial charge in [-0.15, -0.1) is 0 Å². The van der Waals surface area contributed by atoms with E-state index in [2.05, 4.69) is 10.6 Å². The molecule has 17 atom stereocenters. The van der Waals surface area contributed by atoms with E-state index in [1.807, 2.05) is 46.7 Å². The minimum atomic E-state index is -1.81. The number of cyclic esters (lactones) is 1. The molecule has 0 saturated carbocycles. The van der Waals surface area contributed by atoms with Gasteiger partial charge in [0.15, 0.2) is 12.6 Å². The first-order valence-electron chi connectivity index (χ1n) is 20.5. The summed E-state index contributed by atoms with van der Waals surface area (Å²) in [6.07, 6.45) is -6.21. The van der Waals surface area contributed by atoms with Gasteiger partial charge in [0, 0.05) is 32.0 Å². The number of carbonyl (C=O) groups is 1. The summed E-state index contributed by atoms with van der Waals surface area (Å²) < 4.78 is 38.2. The van der Waals surface area contributed by atoms with Gasteiger partial charge in [-0.1, -0.05) is 27.7 Å². The second kappa shape index (κ2) is 19.8. The molecule has 3 aliphatic heterocycles. The molecule has 0 aromatic carbocycles. The lowest BCUT2D eigenvalue weighted by Crippen LogP contribution is -2.70. The van der Waals surface area contributed by atoms with Gasteiger partial charge in [-0.05, 0) is 107 Å². The molecule has 7 N–H and O–H groups in total. The molecule has 13 unspecified atom stereocenters. The monoisotopic (exact) mass is 792 g/mol. The van der Waals surface area contributed by atoms with Crippen LogP contribution in [-0.4, -0.2) is 161 Å². The van der Waals surface area contributed by atoms with Crippen molar-refractivity contribution < 1.29 is 58.7 Å². The minimum absolute atomic E-state index is 0.0963. The number of nitrogens with one attached hydrogen (secondary N) is 2. The first-order valence-corrected chi connectivity index (χ1v) is 20.5. The molecule has 324 valence electrons. The van der Waals surface area contributed by atoms with Crippen molar-refractivity contribution in [1.82, 2.24) is 15.5 Å². The van der Waals surface area contributed by atoms with Gasteiger partial charge in [-0.3, -0.25) is 9.69 Å². The van der Waals surface area contributed by atoms with E-state index in [-0.39, 0.29) is 38.0 Å². The Morgan fingerprint density at radius 1 is 0.964 bits per heavy atom. The van der Waals surface area contributed by atoms with Gasteiger partial charge in [-0.25, -0.2) is 0 Å². The molecule has 0 radical (unpaired) electrons. The quantitative estimate of drug-likeness (QED) is 0.118. The summed E-state index contributed by atoms with van der Waals surface area (Å²) >= 11 is 0. The second-order valence-corrected chi connectivity index (χ2v) is 17.7. The summed E-state index contributed by atoms with van der Waals surface area (Å²) in [6.45, 7) is 19.0. The molecule has 3 heterocycles. The number of hydrogen-bond acceptors (Lipinski definition) is 15. The van der Waals surface area contributed by atoms with Crippen LogP contribution >= 0.6 is 0 Å². The molecule has 15 heteroatoms. The predicted molar refractivity (Wildman–Crippen MR) is 207 cm³/mol. The predicted octanol–water partition coefficient (Wildman–Crippen LogP) is 1.89. The zero-order valence-electron chi connectivity index (χ0n) is 35.9. The number of ether oxygens (including phenoxy) is 6. The van der Waals surface area contributed by atoms with Gasteiger partial charge in [-0.2, -0.15) is 0 Å². The van der Waals surface area contributed by atoms with Crippen molar-refractivity contribution in [3.8, 4) is 0 Å². The van der Waals surface area contributed by atoms with Crippen LogP contribution in [-0.2, 0) is 33.2 Å². The molecule has 55 heavy (non-hydrogen) atoms. The summed E-state index contributed by atoms with van der Waals surface area (Å²) in [6, 6.07) is -0.593. The Kier molecular flexibility index (Phi) is 17.4. The van der Waals surface area contributed by atoms with Gasteiger partial charge in [0.05, 0.1) is 29.8 Å². The molecular weight excluding hydrogens is 714 g/mol. The number of carbonyl (C=O) groups excluding carboxylic acids is 1. The second-order valence-electron chi connectivity index (χ2n) is 17.7. The summed E-state index contributed by atoms with van der Waals surface area (Å²) in [7, 11) is 5.30. The maximum absolute atomic E-state index is 14.3. The van der Waals surface area contributed by atoms with Crippen molar-refractivity contribution in [2.75, 3.05) is 40.8 Å². The molecule has 15 nitrogen and oxygen atoms in total. The molecular formula is C40H77N3O12. The van der Waals surface area contributed by atoms with E-state index in [1.54, 1.807) is 34.6 Å². The van der Waals surface area contributed by atoms with E-state index in [9.17, 15) is 30.3 Å². The highest BCUT2D eigenvalue weighted by Gasteiger charge is 2.58. The number of esters is 1. The molecule has 0 aromatic heterocycles. The lowest BCUT2D eigenvalue weighted by atomic mass is 9.75. The van der Waals surface area contributed by atoms with Crippen molar-refractivity contribution >= 4 is 5.97 Å². The van der Waals surface area contributed by atoms with Crippen LogP contribution in [0.4, 0.5) is 0 Å². The van der Waals surface area contributed by atoms with Crippen LogP contribution in [0, 0.1) is 17.8 Å². The van der Waals surface area contributed by atoms with Gasteiger partial charge in [0.1, 0.15) is 41.3 Å². The Balaban J connectivity index is 2.14. The summed E-state index contributed by atoms with van der Waals surface area (Å²) in [5.41, 5.74) is -5.93. The SMILES string of the molecule is CCCNC[C@]1(O)[C@H](C)O[C@@H](OC2C(C)C(=O)OC(CC)C(C)(O)C(O)C(C)NCC(C)CC(C)(O)C(OC3OC(N(C)C)CCC3O)C2C)C[C@@]1(C)OC. The Labute approximate surface area is 330 Å². The fourth-order valence-corrected chi connectivity index (χ4v) is 8.82. The van der Waals surface area contributed by atoms with Crippen LogP contribution in [0.3, 0.4) is 0 Å². The largest absolute Gasteiger partial charge is 0.459 e. The Hall–Kier alpha value is -1.05. The molecule has 0 aliphatic carbocycles. The number of aliphatic hydroxyl groups excluding tert-OH is 2. The molecule has 3 rings (SSSR count). The van der Waals surface area contributed by atoms with Gasteiger partial charge < -0.3 is 64.6 Å². The maximum Gasteiger partial charge on any atom is 0.311 e. The fraction of sp³-hybridized carbons (Fsp3) is 0.975. The van der Waals surface area contributed by atoms with Crippen molar-refractivity contribution in [1.29, 1.82) is 0 Å². The lowest BCUT2D eigenvalue weighted by molar-refractivity contribution is -0.337. The highest BCUT2D eigenvalue weighted by Crippen LogP contribution is 2.43. The highest BCUT2D eigenvalue weighted by atomic mass is 16.7. The van der Waals surface area contributed by atoms with E-state index < -0.39 is 95.5 Å². The molecule has 0 aromatic rings. The van der Waals surface area contributed by atoms with Crippen molar-refractivity contribution in [3.63, 3.8) is 0 Å². The van der Waals surface area contributed by atoms with Crippen LogP contribution in [0.1, 0.15) is 108 Å². The molecule has 3 fully saturated rings. The first-order chi connectivity index (χ1) is 25.5. The molecule has 0 amide bonds. The molecule has 3 saturated heterocycles. The summed E-state index contributed by atoms with van der Waals surface area (Å²) in [4.78, 5) is 16.2. The molecule has 0 spiro atoms. The molecule has 0 bridgehead atoms. The molecule has 3 aliphatic rings. The zero-order valence-corrected chi connectivity index (χ0v) is 35.9.